The van der Waals surface area contributed by atoms with Crippen LogP contribution in [0.2, 0.25) is 0 Å². The van der Waals surface area contributed by atoms with Gasteiger partial charge in [-0.3, -0.25) is 14.8 Å². The molecule has 0 bridgehead atoms. The first-order valence-corrected chi connectivity index (χ1v) is 6.26. The van der Waals surface area contributed by atoms with E-state index < -0.39 is 5.91 Å². The number of carbonyl (C=O) groups excluding carboxylic acids is 1. The van der Waals surface area contributed by atoms with Crippen LogP contribution in [0.3, 0.4) is 0 Å². The summed E-state index contributed by atoms with van der Waals surface area (Å²) in [6.07, 6.45) is 6.86. The fourth-order valence-electron chi connectivity index (χ4n) is 1.25. The minimum Gasteiger partial charge on any atom is -0.389 e. The molecular weight excluding hydrogens is 274 g/mol. The minimum atomic E-state index is -0.553. The van der Waals surface area contributed by atoms with Crippen molar-refractivity contribution in [2.45, 2.75) is 13.3 Å². The van der Waals surface area contributed by atoms with Gasteiger partial charge in [-0.2, -0.15) is 0 Å². The summed E-state index contributed by atoms with van der Waals surface area (Å²) in [4.78, 5) is 22.2. The molecule has 2 rings (SSSR count). The quantitative estimate of drug-likeness (QED) is 0.811. The van der Waals surface area contributed by atoms with Gasteiger partial charge in [0.2, 0.25) is 0 Å². The second-order valence-electron chi connectivity index (χ2n) is 3.71. The molecule has 0 aromatic carbocycles. The number of hydrogen-bond acceptors (Lipinski definition) is 5. The Morgan fingerprint density at radius 1 is 1.25 bits per heavy atom. The van der Waals surface area contributed by atoms with E-state index in [4.69, 9.17) is 23.7 Å². The van der Waals surface area contributed by atoms with Gasteiger partial charge in [0.1, 0.15) is 10.7 Å². The van der Waals surface area contributed by atoms with E-state index >= 15 is 0 Å². The molecule has 4 N–H and O–H groups in total. The van der Waals surface area contributed by atoms with Crippen LogP contribution in [0.25, 0.3) is 0 Å². The lowest BCUT2D eigenvalue weighted by Gasteiger charge is -1.99. The number of hydrogen-bond donors (Lipinski definition) is 2. The van der Waals surface area contributed by atoms with Gasteiger partial charge >= 0.3 is 0 Å². The van der Waals surface area contributed by atoms with Gasteiger partial charge in [-0.05, 0) is 18.6 Å². The van der Waals surface area contributed by atoms with Crippen LogP contribution >= 0.6 is 12.2 Å². The van der Waals surface area contributed by atoms with E-state index in [1.807, 2.05) is 19.1 Å². The molecule has 20 heavy (non-hydrogen) atoms. The molecule has 0 saturated carbocycles. The van der Waals surface area contributed by atoms with Gasteiger partial charge in [0.15, 0.2) is 0 Å². The standard InChI is InChI=1S/C8H10N2S.C5H5N3O/c1-2-7-5-6(8(9)11)3-4-10-7;6-5(9)4-3-7-1-2-8-4/h3-5H,2H2,1H3,(H2,9,11);1-3H,(H2,6,9). The van der Waals surface area contributed by atoms with Gasteiger partial charge in [-0.25, -0.2) is 4.98 Å². The lowest BCUT2D eigenvalue weighted by Crippen LogP contribution is -2.12. The lowest BCUT2D eigenvalue weighted by atomic mass is 10.2. The SMILES string of the molecule is CCc1cc(C(N)=S)ccn1.NC(=O)c1cnccn1. The number of amides is 1. The number of thiocarbonyl (C=S) groups is 1. The van der Waals surface area contributed by atoms with Gasteiger partial charge in [0.05, 0.1) is 6.20 Å². The normalized spacial score (nSPS) is 9.25. The summed E-state index contributed by atoms with van der Waals surface area (Å²) in [6.45, 7) is 2.05. The Bertz CT molecular complexity index is 588. The molecule has 0 saturated heterocycles. The maximum atomic E-state index is 10.3. The highest BCUT2D eigenvalue weighted by atomic mass is 32.1. The number of aryl methyl sites for hydroxylation is 1. The largest absolute Gasteiger partial charge is 0.389 e. The third-order valence-corrected chi connectivity index (χ3v) is 2.51. The Morgan fingerprint density at radius 2 is 2.00 bits per heavy atom. The molecule has 0 aliphatic carbocycles. The molecule has 104 valence electrons. The second-order valence-corrected chi connectivity index (χ2v) is 4.15. The average Bonchev–Trinajstić information content (AvgIpc) is 2.49. The Kier molecular flexibility index (Phi) is 6.18. The molecule has 0 radical (unpaired) electrons. The van der Waals surface area contributed by atoms with Crippen LogP contribution in [0, 0.1) is 0 Å². The smallest absolute Gasteiger partial charge is 0.268 e. The molecule has 7 heteroatoms. The third kappa shape index (κ3) is 5.07. The number of aromatic nitrogens is 3. The zero-order valence-electron chi connectivity index (χ0n) is 11.0. The summed E-state index contributed by atoms with van der Waals surface area (Å²) < 4.78 is 0. The zero-order valence-corrected chi connectivity index (χ0v) is 11.8. The molecule has 1 amide bonds. The number of pyridine rings is 1. The van der Waals surface area contributed by atoms with Crippen molar-refractivity contribution >= 4 is 23.1 Å². The first-order valence-electron chi connectivity index (χ1n) is 5.85. The third-order valence-electron chi connectivity index (χ3n) is 2.28. The zero-order chi connectivity index (χ0) is 15.0. The van der Waals surface area contributed by atoms with Crippen LogP contribution in [0.15, 0.2) is 36.9 Å². The molecule has 2 heterocycles. The van der Waals surface area contributed by atoms with Crippen molar-refractivity contribution in [2.75, 3.05) is 0 Å². The van der Waals surface area contributed by atoms with E-state index in [9.17, 15) is 4.79 Å². The Hall–Kier alpha value is -2.41. The van der Waals surface area contributed by atoms with Gasteiger partial charge in [0, 0.05) is 29.8 Å². The number of carbonyl (C=O) groups is 1. The number of nitrogens with zero attached hydrogens (tertiary/aromatic N) is 3. The van der Waals surface area contributed by atoms with Crippen molar-refractivity contribution in [2.24, 2.45) is 11.5 Å². The van der Waals surface area contributed by atoms with Crippen LogP contribution in [-0.2, 0) is 6.42 Å². The highest BCUT2D eigenvalue weighted by molar-refractivity contribution is 7.80. The van der Waals surface area contributed by atoms with Crippen LogP contribution in [-0.4, -0.2) is 25.8 Å². The maximum Gasteiger partial charge on any atom is 0.268 e. The molecule has 0 aliphatic heterocycles. The summed E-state index contributed by atoms with van der Waals surface area (Å²) in [5.74, 6) is -0.553. The summed E-state index contributed by atoms with van der Waals surface area (Å²) in [7, 11) is 0. The van der Waals surface area contributed by atoms with Gasteiger partial charge < -0.3 is 11.5 Å². The molecule has 0 atom stereocenters. The molecule has 2 aromatic heterocycles. The van der Waals surface area contributed by atoms with Gasteiger partial charge in [-0.1, -0.05) is 19.1 Å². The van der Waals surface area contributed by atoms with Crippen molar-refractivity contribution in [3.05, 3.63) is 53.9 Å². The fourth-order valence-corrected chi connectivity index (χ4v) is 1.38. The van der Waals surface area contributed by atoms with Gasteiger partial charge in [-0.15, -0.1) is 0 Å². The monoisotopic (exact) mass is 289 g/mol. The highest BCUT2D eigenvalue weighted by Gasteiger charge is 1.97. The average molecular weight is 289 g/mol. The number of nitrogens with two attached hydrogens (primary N) is 2. The number of rotatable bonds is 3. The number of primary amides is 1. The van der Waals surface area contributed by atoms with E-state index in [-0.39, 0.29) is 5.69 Å². The first kappa shape index (κ1) is 15.6. The van der Waals surface area contributed by atoms with Crippen molar-refractivity contribution in [3.63, 3.8) is 0 Å². The van der Waals surface area contributed by atoms with Crippen molar-refractivity contribution in [1.29, 1.82) is 0 Å². The van der Waals surface area contributed by atoms with Crippen LogP contribution in [0.4, 0.5) is 0 Å². The van der Waals surface area contributed by atoms with Gasteiger partial charge in [0.25, 0.3) is 5.91 Å². The predicted octanol–water partition coefficient (Wildman–Crippen LogP) is 0.854. The Morgan fingerprint density at radius 3 is 2.45 bits per heavy atom. The highest BCUT2D eigenvalue weighted by Crippen LogP contribution is 2.01. The van der Waals surface area contributed by atoms with E-state index in [2.05, 4.69) is 15.0 Å². The summed E-state index contributed by atoms with van der Waals surface area (Å²) in [5, 5.41) is 0. The van der Waals surface area contributed by atoms with Crippen LogP contribution in [0.1, 0.15) is 28.7 Å². The van der Waals surface area contributed by atoms with E-state index in [0.29, 0.717) is 4.99 Å². The minimum absolute atomic E-state index is 0.192. The Labute approximate surface area is 122 Å². The summed E-state index contributed by atoms with van der Waals surface area (Å²) in [5.41, 5.74) is 12.4. The molecule has 2 aromatic rings. The first-order chi connectivity index (χ1) is 9.54. The molecule has 6 nitrogen and oxygen atoms in total. The molecule has 0 unspecified atom stereocenters. The molecular formula is C13H15N5OS. The molecule has 0 fully saturated rings. The van der Waals surface area contributed by atoms with Crippen LogP contribution in [0.5, 0.6) is 0 Å². The molecule has 0 spiro atoms. The van der Waals surface area contributed by atoms with E-state index in [1.165, 1.54) is 18.6 Å². The lowest BCUT2D eigenvalue weighted by molar-refractivity contribution is 0.0995. The maximum absolute atomic E-state index is 10.3. The van der Waals surface area contributed by atoms with E-state index in [0.717, 1.165) is 17.7 Å². The second kappa shape index (κ2) is 7.90. The summed E-state index contributed by atoms with van der Waals surface area (Å²) >= 11 is 4.82. The summed E-state index contributed by atoms with van der Waals surface area (Å²) in [6, 6.07) is 3.74. The molecule has 0 aliphatic rings. The van der Waals surface area contributed by atoms with E-state index in [1.54, 1.807) is 6.20 Å². The topological polar surface area (TPSA) is 108 Å². The Balaban J connectivity index is 0.000000204. The van der Waals surface area contributed by atoms with Crippen molar-refractivity contribution in [3.8, 4) is 0 Å². The van der Waals surface area contributed by atoms with Crippen molar-refractivity contribution < 1.29 is 4.79 Å². The van der Waals surface area contributed by atoms with Crippen molar-refractivity contribution in [1.82, 2.24) is 15.0 Å². The fraction of sp³-hybridized carbons (Fsp3) is 0.154. The van der Waals surface area contributed by atoms with Crippen LogP contribution < -0.4 is 11.5 Å². The predicted molar refractivity (Wildman–Crippen MR) is 80.1 cm³/mol.